The molecule has 5 nitrogen and oxygen atoms in total. The molecule has 0 radical (unpaired) electrons. The largest absolute Gasteiger partial charge is 0.346 e. The fraction of sp³-hybridized carbons (Fsp3) is 0.231. The summed E-state index contributed by atoms with van der Waals surface area (Å²) in [4.78, 5) is 24.2. The van der Waals surface area contributed by atoms with Gasteiger partial charge in [0.2, 0.25) is 0 Å². The zero-order valence-electron chi connectivity index (χ0n) is 10.3. The van der Waals surface area contributed by atoms with E-state index in [1.54, 1.807) is 20.0 Å². The molecular formula is C13H14N4O. The molecule has 0 saturated heterocycles. The molecule has 1 N–H and O–H groups in total. The lowest BCUT2D eigenvalue weighted by Gasteiger charge is -2.08. The lowest BCUT2D eigenvalue weighted by molar-refractivity contribution is 0.0948. The Morgan fingerprint density at radius 1 is 1.17 bits per heavy atom. The van der Waals surface area contributed by atoms with Crippen molar-refractivity contribution in [2.75, 3.05) is 0 Å². The maximum Gasteiger partial charge on any atom is 0.255 e. The van der Waals surface area contributed by atoms with E-state index in [0.717, 1.165) is 5.69 Å². The van der Waals surface area contributed by atoms with Gasteiger partial charge in [0.25, 0.3) is 5.91 Å². The Hall–Kier alpha value is -2.30. The van der Waals surface area contributed by atoms with Gasteiger partial charge in [-0.3, -0.25) is 9.78 Å². The van der Waals surface area contributed by atoms with Gasteiger partial charge in [-0.15, -0.1) is 0 Å². The van der Waals surface area contributed by atoms with Crippen LogP contribution in [0.15, 0.2) is 30.7 Å². The molecule has 0 unspecified atom stereocenters. The summed E-state index contributed by atoms with van der Waals surface area (Å²) in [5.74, 6) is -0.170. The highest BCUT2D eigenvalue weighted by Crippen LogP contribution is 2.07. The Balaban J connectivity index is 2.09. The average Bonchev–Trinajstić information content (AvgIpc) is 2.37. The van der Waals surface area contributed by atoms with Gasteiger partial charge in [-0.05, 0) is 26.0 Å². The zero-order chi connectivity index (χ0) is 13.0. The molecule has 0 aromatic carbocycles. The number of pyridine rings is 1. The number of hydrogen-bond donors (Lipinski definition) is 1. The Morgan fingerprint density at radius 2 is 1.89 bits per heavy atom. The molecule has 18 heavy (non-hydrogen) atoms. The van der Waals surface area contributed by atoms with Gasteiger partial charge in [0, 0.05) is 6.20 Å². The number of rotatable bonds is 3. The molecule has 1 amide bonds. The first-order valence-electron chi connectivity index (χ1n) is 5.65. The van der Waals surface area contributed by atoms with E-state index in [4.69, 9.17) is 0 Å². The lowest BCUT2D eigenvalue weighted by Crippen LogP contribution is -2.25. The van der Waals surface area contributed by atoms with Crippen LogP contribution >= 0.6 is 0 Å². The number of carbonyl (C=O) groups excluding carboxylic acids is 1. The molecule has 0 spiro atoms. The van der Waals surface area contributed by atoms with E-state index in [-0.39, 0.29) is 5.91 Å². The number of carbonyl (C=O) groups is 1. The van der Waals surface area contributed by atoms with Crippen molar-refractivity contribution in [3.05, 3.63) is 53.4 Å². The molecule has 0 saturated carbocycles. The minimum absolute atomic E-state index is 0.170. The molecule has 0 aliphatic heterocycles. The van der Waals surface area contributed by atoms with Gasteiger partial charge in [-0.2, -0.15) is 0 Å². The van der Waals surface area contributed by atoms with Crippen LogP contribution in [0.2, 0.25) is 0 Å². The van der Waals surface area contributed by atoms with Crippen molar-refractivity contribution in [3.8, 4) is 0 Å². The molecule has 0 aliphatic carbocycles. The third-order valence-electron chi connectivity index (χ3n) is 2.61. The highest BCUT2D eigenvalue weighted by Gasteiger charge is 2.13. The quantitative estimate of drug-likeness (QED) is 0.883. The van der Waals surface area contributed by atoms with Gasteiger partial charge in [0.15, 0.2) is 0 Å². The number of aromatic nitrogens is 3. The molecule has 0 atom stereocenters. The van der Waals surface area contributed by atoms with Crippen LogP contribution in [-0.4, -0.2) is 20.9 Å². The molecule has 5 heteroatoms. The van der Waals surface area contributed by atoms with Crippen LogP contribution in [0, 0.1) is 13.8 Å². The van der Waals surface area contributed by atoms with Crippen molar-refractivity contribution in [3.63, 3.8) is 0 Å². The Kier molecular flexibility index (Phi) is 3.62. The third-order valence-corrected chi connectivity index (χ3v) is 2.61. The van der Waals surface area contributed by atoms with Crippen LogP contribution in [0.1, 0.15) is 27.4 Å². The standard InChI is InChI=1S/C13H14N4O/c1-9-12(10(2)17-8-16-9)13(18)15-7-11-5-3-4-6-14-11/h3-6,8H,7H2,1-2H3,(H,15,18). The predicted molar refractivity (Wildman–Crippen MR) is 66.9 cm³/mol. The summed E-state index contributed by atoms with van der Waals surface area (Å²) in [7, 11) is 0. The Morgan fingerprint density at radius 3 is 2.50 bits per heavy atom. The normalized spacial score (nSPS) is 10.1. The summed E-state index contributed by atoms with van der Waals surface area (Å²) in [6.45, 7) is 3.99. The molecular weight excluding hydrogens is 228 g/mol. The molecule has 2 aromatic rings. The highest BCUT2D eigenvalue weighted by molar-refractivity contribution is 5.96. The molecule has 0 bridgehead atoms. The van der Waals surface area contributed by atoms with E-state index in [1.165, 1.54) is 6.33 Å². The second kappa shape index (κ2) is 5.35. The Labute approximate surface area is 105 Å². The summed E-state index contributed by atoms with van der Waals surface area (Å²) in [5, 5.41) is 2.82. The predicted octanol–water partition coefficient (Wildman–Crippen LogP) is 1.42. The van der Waals surface area contributed by atoms with E-state index >= 15 is 0 Å². The first-order chi connectivity index (χ1) is 8.68. The summed E-state index contributed by atoms with van der Waals surface area (Å²) in [6.07, 6.45) is 3.16. The topological polar surface area (TPSA) is 67.8 Å². The first kappa shape index (κ1) is 12.2. The van der Waals surface area contributed by atoms with Gasteiger partial charge in [-0.25, -0.2) is 9.97 Å². The maximum atomic E-state index is 12.0. The fourth-order valence-corrected chi connectivity index (χ4v) is 1.68. The van der Waals surface area contributed by atoms with Crippen molar-refractivity contribution in [1.29, 1.82) is 0 Å². The van der Waals surface area contributed by atoms with Crippen molar-refractivity contribution >= 4 is 5.91 Å². The van der Waals surface area contributed by atoms with E-state index < -0.39 is 0 Å². The van der Waals surface area contributed by atoms with E-state index in [0.29, 0.717) is 23.5 Å². The SMILES string of the molecule is Cc1ncnc(C)c1C(=O)NCc1ccccn1. The molecule has 2 rings (SSSR count). The zero-order valence-corrected chi connectivity index (χ0v) is 10.3. The smallest absolute Gasteiger partial charge is 0.255 e. The van der Waals surface area contributed by atoms with Crippen LogP contribution in [-0.2, 0) is 6.54 Å². The fourth-order valence-electron chi connectivity index (χ4n) is 1.68. The molecule has 2 heterocycles. The van der Waals surface area contributed by atoms with Crippen LogP contribution < -0.4 is 5.32 Å². The minimum atomic E-state index is -0.170. The second-order valence-corrected chi connectivity index (χ2v) is 3.92. The Bertz CT molecular complexity index is 534. The molecule has 0 fully saturated rings. The summed E-state index contributed by atoms with van der Waals surface area (Å²) in [5.41, 5.74) is 2.72. The van der Waals surface area contributed by atoms with Crippen molar-refractivity contribution in [1.82, 2.24) is 20.3 Å². The van der Waals surface area contributed by atoms with Crippen molar-refractivity contribution in [2.24, 2.45) is 0 Å². The molecule has 0 aliphatic rings. The number of nitrogens with zero attached hydrogens (tertiary/aromatic N) is 3. The summed E-state index contributed by atoms with van der Waals surface area (Å²) in [6, 6.07) is 5.59. The number of nitrogens with one attached hydrogen (secondary N) is 1. The van der Waals surface area contributed by atoms with E-state index in [9.17, 15) is 4.79 Å². The van der Waals surface area contributed by atoms with Crippen molar-refractivity contribution < 1.29 is 4.79 Å². The van der Waals surface area contributed by atoms with Crippen LogP contribution in [0.3, 0.4) is 0 Å². The minimum Gasteiger partial charge on any atom is -0.346 e. The summed E-state index contributed by atoms with van der Waals surface area (Å²) < 4.78 is 0. The van der Waals surface area contributed by atoms with Crippen molar-refractivity contribution in [2.45, 2.75) is 20.4 Å². The van der Waals surface area contributed by atoms with Gasteiger partial charge in [0.05, 0.1) is 29.2 Å². The number of amides is 1. The summed E-state index contributed by atoms with van der Waals surface area (Å²) >= 11 is 0. The number of aryl methyl sites for hydroxylation is 2. The molecule has 2 aromatic heterocycles. The van der Waals surface area contributed by atoms with Gasteiger partial charge < -0.3 is 5.32 Å². The van der Waals surface area contributed by atoms with Crippen LogP contribution in [0.25, 0.3) is 0 Å². The van der Waals surface area contributed by atoms with Crippen LogP contribution in [0.4, 0.5) is 0 Å². The maximum absolute atomic E-state index is 12.0. The average molecular weight is 242 g/mol. The van der Waals surface area contributed by atoms with Gasteiger partial charge in [0.1, 0.15) is 6.33 Å². The highest BCUT2D eigenvalue weighted by atomic mass is 16.1. The second-order valence-electron chi connectivity index (χ2n) is 3.92. The third kappa shape index (κ3) is 2.68. The lowest BCUT2D eigenvalue weighted by atomic mass is 10.1. The van der Waals surface area contributed by atoms with Gasteiger partial charge in [-0.1, -0.05) is 6.07 Å². The monoisotopic (exact) mass is 242 g/mol. The van der Waals surface area contributed by atoms with Crippen LogP contribution in [0.5, 0.6) is 0 Å². The number of hydrogen-bond acceptors (Lipinski definition) is 4. The van der Waals surface area contributed by atoms with E-state index in [1.807, 2.05) is 18.2 Å². The van der Waals surface area contributed by atoms with E-state index in [2.05, 4.69) is 20.3 Å². The first-order valence-corrected chi connectivity index (χ1v) is 5.65. The van der Waals surface area contributed by atoms with Gasteiger partial charge >= 0.3 is 0 Å². The molecule has 92 valence electrons.